The minimum Gasteiger partial charge on any atom is -0.327 e. The summed E-state index contributed by atoms with van der Waals surface area (Å²) in [7, 11) is 1.69. The fourth-order valence-electron chi connectivity index (χ4n) is 3.29. The molecule has 1 N–H and O–H groups in total. The number of carbonyl (C=O) groups excluding carboxylic acids is 2. The topological polar surface area (TPSA) is 52.7 Å². The van der Waals surface area contributed by atoms with E-state index in [9.17, 15) is 9.59 Å². The third-order valence-electron chi connectivity index (χ3n) is 4.63. The molecule has 0 bridgehead atoms. The number of amides is 3. The van der Waals surface area contributed by atoms with Gasteiger partial charge in [0.1, 0.15) is 0 Å². The summed E-state index contributed by atoms with van der Waals surface area (Å²) in [5.41, 5.74) is 3.00. The first-order chi connectivity index (χ1) is 12.1. The van der Waals surface area contributed by atoms with E-state index >= 15 is 0 Å². The molecule has 2 aromatic carbocycles. The standard InChI is InChI=1S/C19H16ClN3O2/c1-22-15-11-23(14-9-7-13(20)8-10-14)18(24)16(15)17(21-19(22)25)12-5-3-2-4-6-12/h2-10,17H,11H2,1H3,(H,21,25)/t17-/m0/s1. The summed E-state index contributed by atoms with van der Waals surface area (Å²) in [6.07, 6.45) is 0. The number of benzene rings is 2. The van der Waals surface area contributed by atoms with E-state index < -0.39 is 6.04 Å². The van der Waals surface area contributed by atoms with Gasteiger partial charge in [0.05, 0.1) is 23.9 Å². The fraction of sp³-hybridized carbons (Fsp3) is 0.158. The minimum absolute atomic E-state index is 0.0991. The number of urea groups is 1. The largest absolute Gasteiger partial charge is 0.327 e. The lowest BCUT2D eigenvalue weighted by Crippen LogP contribution is -2.45. The van der Waals surface area contributed by atoms with Gasteiger partial charge in [-0.25, -0.2) is 4.79 Å². The molecule has 0 saturated carbocycles. The Kier molecular flexibility index (Phi) is 3.73. The highest BCUT2D eigenvalue weighted by molar-refractivity contribution is 6.30. The van der Waals surface area contributed by atoms with Crippen LogP contribution >= 0.6 is 11.6 Å². The molecular formula is C19H16ClN3O2. The van der Waals surface area contributed by atoms with E-state index in [0.29, 0.717) is 17.1 Å². The first kappa shape index (κ1) is 15.7. The van der Waals surface area contributed by atoms with Gasteiger partial charge in [-0.05, 0) is 29.8 Å². The molecule has 6 heteroatoms. The van der Waals surface area contributed by atoms with Gasteiger partial charge >= 0.3 is 6.03 Å². The molecule has 2 aliphatic rings. The number of carbonyl (C=O) groups is 2. The van der Waals surface area contributed by atoms with E-state index in [2.05, 4.69) is 5.32 Å². The van der Waals surface area contributed by atoms with Crippen LogP contribution in [0.15, 0.2) is 65.9 Å². The van der Waals surface area contributed by atoms with Crippen LogP contribution in [-0.4, -0.2) is 30.4 Å². The predicted octanol–water partition coefficient (Wildman–Crippen LogP) is 3.34. The molecule has 2 heterocycles. The van der Waals surface area contributed by atoms with Crippen molar-refractivity contribution in [1.29, 1.82) is 0 Å². The Morgan fingerprint density at radius 2 is 1.72 bits per heavy atom. The van der Waals surface area contributed by atoms with Gasteiger partial charge in [-0.2, -0.15) is 0 Å². The van der Waals surface area contributed by atoms with Gasteiger partial charge in [-0.1, -0.05) is 41.9 Å². The number of rotatable bonds is 2. The number of hydrogen-bond donors (Lipinski definition) is 1. The fourth-order valence-corrected chi connectivity index (χ4v) is 3.42. The van der Waals surface area contributed by atoms with Crippen LogP contribution in [0.25, 0.3) is 0 Å². The van der Waals surface area contributed by atoms with Gasteiger partial charge < -0.3 is 10.2 Å². The first-order valence-electron chi connectivity index (χ1n) is 7.96. The van der Waals surface area contributed by atoms with Crippen molar-refractivity contribution >= 4 is 29.2 Å². The van der Waals surface area contributed by atoms with E-state index in [4.69, 9.17) is 11.6 Å². The summed E-state index contributed by atoms with van der Waals surface area (Å²) in [6, 6.07) is 16.0. The lowest BCUT2D eigenvalue weighted by atomic mass is 9.96. The second kappa shape index (κ2) is 5.93. The quantitative estimate of drug-likeness (QED) is 0.900. The van der Waals surface area contributed by atoms with E-state index in [1.807, 2.05) is 42.5 Å². The minimum atomic E-state index is -0.440. The van der Waals surface area contributed by atoms with Crippen molar-refractivity contribution in [3.05, 3.63) is 76.5 Å². The van der Waals surface area contributed by atoms with E-state index in [1.165, 1.54) is 4.90 Å². The summed E-state index contributed by atoms with van der Waals surface area (Å²) in [4.78, 5) is 28.7. The van der Waals surface area contributed by atoms with Gasteiger partial charge in [-0.3, -0.25) is 9.69 Å². The van der Waals surface area contributed by atoms with Crippen LogP contribution in [0.4, 0.5) is 10.5 Å². The number of likely N-dealkylation sites (N-methyl/N-ethyl adjacent to an activating group) is 1. The Labute approximate surface area is 150 Å². The molecule has 0 radical (unpaired) electrons. The van der Waals surface area contributed by atoms with Crippen LogP contribution in [0.3, 0.4) is 0 Å². The Hall–Kier alpha value is -2.79. The number of nitrogens with one attached hydrogen (secondary N) is 1. The normalized spacial score (nSPS) is 20.0. The molecule has 2 aromatic rings. The third-order valence-corrected chi connectivity index (χ3v) is 4.88. The molecule has 0 fully saturated rings. The molecule has 2 aliphatic heterocycles. The lowest BCUT2D eigenvalue weighted by molar-refractivity contribution is -0.114. The van der Waals surface area contributed by atoms with E-state index in [-0.39, 0.29) is 11.9 Å². The highest BCUT2D eigenvalue weighted by Crippen LogP contribution is 2.37. The molecule has 0 aliphatic carbocycles. The van der Waals surface area contributed by atoms with E-state index in [1.54, 1.807) is 24.1 Å². The molecule has 4 rings (SSSR count). The summed E-state index contributed by atoms with van der Waals surface area (Å²) < 4.78 is 0. The van der Waals surface area contributed by atoms with Crippen LogP contribution in [0.5, 0.6) is 0 Å². The Bertz CT molecular complexity index is 877. The lowest BCUT2D eigenvalue weighted by Gasteiger charge is -2.31. The molecule has 126 valence electrons. The summed E-state index contributed by atoms with van der Waals surface area (Å²) in [5.74, 6) is -0.0991. The molecule has 0 saturated heterocycles. The Morgan fingerprint density at radius 3 is 2.40 bits per heavy atom. The van der Waals surface area contributed by atoms with E-state index in [0.717, 1.165) is 16.9 Å². The predicted molar refractivity (Wildman–Crippen MR) is 96.3 cm³/mol. The first-order valence-corrected chi connectivity index (χ1v) is 8.33. The summed E-state index contributed by atoms with van der Waals surface area (Å²) in [5, 5.41) is 3.54. The van der Waals surface area contributed by atoms with Crippen LogP contribution in [0.2, 0.25) is 5.02 Å². The van der Waals surface area contributed by atoms with Crippen molar-refractivity contribution in [2.75, 3.05) is 18.5 Å². The molecule has 0 unspecified atom stereocenters. The maximum atomic E-state index is 13.1. The van der Waals surface area contributed by atoms with Gasteiger partial charge in [0.2, 0.25) is 0 Å². The average molecular weight is 354 g/mol. The number of anilines is 1. The second-order valence-corrected chi connectivity index (χ2v) is 6.52. The summed E-state index contributed by atoms with van der Waals surface area (Å²) >= 11 is 5.95. The smallest absolute Gasteiger partial charge is 0.322 e. The van der Waals surface area contributed by atoms with Gasteiger partial charge in [0.15, 0.2) is 0 Å². The highest BCUT2D eigenvalue weighted by Gasteiger charge is 2.43. The van der Waals surface area contributed by atoms with Crippen LogP contribution in [-0.2, 0) is 4.79 Å². The third kappa shape index (κ3) is 2.57. The Balaban J connectivity index is 1.76. The van der Waals surface area contributed by atoms with Crippen LogP contribution < -0.4 is 10.2 Å². The zero-order valence-electron chi connectivity index (χ0n) is 13.6. The number of hydrogen-bond acceptors (Lipinski definition) is 2. The molecule has 3 amide bonds. The molecule has 1 atom stereocenters. The average Bonchev–Trinajstić information content (AvgIpc) is 2.97. The molecule has 0 aromatic heterocycles. The van der Waals surface area contributed by atoms with Crippen molar-refractivity contribution in [2.24, 2.45) is 0 Å². The van der Waals surface area contributed by atoms with Crippen LogP contribution in [0, 0.1) is 0 Å². The monoisotopic (exact) mass is 353 g/mol. The molecule has 5 nitrogen and oxygen atoms in total. The molecule has 25 heavy (non-hydrogen) atoms. The zero-order chi connectivity index (χ0) is 17.6. The second-order valence-electron chi connectivity index (χ2n) is 6.08. The van der Waals surface area contributed by atoms with Crippen LogP contribution in [0.1, 0.15) is 11.6 Å². The van der Waals surface area contributed by atoms with Crippen molar-refractivity contribution < 1.29 is 9.59 Å². The zero-order valence-corrected chi connectivity index (χ0v) is 14.3. The van der Waals surface area contributed by atoms with Crippen molar-refractivity contribution in [3.63, 3.8) is 0 Å². The summed E-state index contributed by atoms with van der Waals surface area (Å²) in [6.45, 7) is 0.364. The van der Waals surface area contributed by atoms with Crippen molar-refractivity contribution in [3.8, 4) is 0 Å². The molecule has 0 spiro atoms. The van der Waals surface area contributed by atoms with Gasteiger partial charge in [0, 0.05) is 17.8 Å². The Morgan fingerprint density at radius 1 is 1.04 bits per heavy atom. The maximum Gasteiger partial charge on any atom is 0.322 e. The highest BCUT2D eigenvalue weighted by atomic mass is 35.5. The van der Waals surface area contributed by atoms with Crippen molar-refractivity contribution in [2.45, 2.75) is 6.04 Å². The maximum absolute atomic E-state index is 13.1. The van der Waals surface area contributed by atoms with Gasteiger partial charge in [0.25, 0.3) is 5.91 Å². The van der Waals surface area contributed by atoms with Gasteiger partial charge in [-0.15, -0.1) is 0 Å². The number of halogens is 1. The molecular weight excluding hydrogens is 338 g/mol. The number of nitrogens with zero attached hydrogens (tertiary/aromatic N) is 2. The SMILES string of the molecule is CN1C(=O)N[C@@H](c2ccccc2)C2=C1CN(c1ccc(Cl)cc1)C2=O. The van der Waals surface area contributed by atoms with Crippen molar-refractivity contribution in [1.82, 2.24) is 10.2 Å².